The lowest BCUT2D eigenvalue weighted by molar-refractivity contribution is -0.139. The van der Waals surface area contributed by atoms with Gasteiger partial charge in [-0.15, -0.1) is 11.3 Å². The molecule has 5 nitrogen and oxygen atoms in total. The van der Waals surface area contributed by atoms with E-state index in [1.54, 1.807) is 32.4 Å². The first-order chi connectivity index (χ1) is 13.6. The van der Waals surface area contributed by atoms with Gasteiger partial charge in [-0.1, -0.05) is 12.1 Å². The number of nitrogens with zero attached hydrogens (tertiary/aromatic N) is 1. The van der Waals surface area contributed by atoms with E-state index < -0.39 is 5.97 Å². The lowest BCUT2D eigenvalue weighted by Crippen LogP contribution is -2.01. The van der Waals surface area contributed by atoms with Gasteiger partial charge in [0.1, 0.15) is 17.4 Å². The average Bonchev–Trinajstić information content (AvgIpc) is 3.20. The van der Waals surface area contributed by atoms with Crippen LogP contribution in [0.5, 0.6) is 11.5 Å². The molecule has 144 valence electrons. The molecule has 0 saturated carbocycles. The number of carbonyl (C=O) groups is 1. The predicted molar refractivity (Wildman–Crippen MR) is 106 cm³/mol. The molecule has 0 bridgehead atoms. The Bertz CT molecular complexity index is 982. The van der Waals surface area contributed by atoms with Crippen molar-refractivity contribution < 1.29 is 23.4 Å². The lowest BCUT2D eigenvalue weighted by atomic mass is 10.2. The van der Waals surface area contributed by atoms with E-state index in [9.17, 15) is 9.18 Å². The third kappa shape index (κ3) is 4.95. The molecule has 0 aliphatic carbocycles. The van der Waals surface area contributed by atoms with Crippen LogP contribution in [0.2, 0.25) is 0 Å². The van der Waals surface area contributed by atoms with Gasteiger partial charge in [0, 0.05) is 17.0 Å². The quantitative estimate of drug-likeness (QED) is 0.425. The molecule has 0 N–H and O–H groups in total. The summed E-state index contributed by atoms with van der Waals surface area (Å²) < 4.78 is 28.6. The summed E-state index contributed by atoms with van der Waals surface area (Å²) in [5.74, 6) is 0.442. The zero-order valence-corrected chi connectivity index (χ0v) is 16.2. The summed E-state index contributed by atoms with van der Waals surface area (Å²) in [5.41, 5.74) is 2.25. The SMILES string of the molecule is COc1ccc(-c2nc(COC(=O)/C=C/c3ccc(F)cc3)cs2)cc1OC. The molecule has 28 heavy (non-hydrogen) atoms. The van der Waals surface area contributed by atoms with Gasteiger partial charge in [-0.2, -0.15) is 0 Å². The first-order valence-electron chi connectivity index (χ1n) is 8.36. The second-order valence-electron chi connectivity index (χ2n) is 5.71. The maximum Gasteiger partial charge on any atom is 0.331 e. The Kier molecular flexibility index (Phi) is 6.39. The molecule has 3 aromatic rings. The van der Waals surface area contributed by atoms with Crippen molar-refractivity contribution in [2.24, 2.45) is 0 Å². The monoisotopic (exact) mass is 399 g/mol. The Balaban J connectivity index is 1.60. The van der Waals surface area contributed by atoms with Crippen molar-refractivity contribution in [3.8, 4) is 22.1 Å². The number of carbonyl (C=O) groups excluding carboxylic acids is 1. The molecule has 0 aliphatic rings. The fourth-order valence-corrected chi connectivity index (χ4v) is 3.21. The minimum absolute atomic E-state index is 0.0659. The maximum absolute atomic E-state index is 12.9. The summed E-state index contributed by atoms with van der Waals surface area (Å²) in [7, 11) is 3.16. The summed E-state index contributed by atoms with van der Waals surface area (Å²) in [4.78, 5) is 16.3. The van der Waals surface area contributed by atoms with Crippen molar-refractivity contribution in [3.05, 3.63) is 71.0 Å². The molecule has 0 aliphatic heterocycles. The van der Waals surface area contributed by atoms with Crippen LogP contribution in [0, 0.1) is 5.82 Å². The number of halogens is 1. The van der Waals surface area contributed by atoms with Crippen molar-refractivity contribution >= 4 is 23.4 Å². The first kappa shape index (κ1) is 19.6. The van der Waals surface area contributed by atoms with Crippen LogP contribution in [0.3, 0.4) is 0 Å². The van der Waals surface area contributed by atoms with E-state index in [0.717, 1.165) is 10.6 Å². The van der Waals surface area contributed by atoms with Crippen molar-refractivity contribution in [2.45, 2.75) is 6.61 Å². The van der Waals surface area contributed by atoms with Crippen molar-refractivity contribution in [1.29, 1.82) is 0 Å². The molecule has 7 heteroatoms. The van der Waals surface area contributed by atoms with E-state index >= 15 is 0 Å². The van der Waals surface area contributed by atoms with Crippen molar-refractivity contribution in [1.82, 2.24) is 4.98 Å². The minimum atomic E-state index is -0.495. The summed E-state index contributed by atoms with van der Waals surface area (Å²) in [6, 6.07) is 11.4. The van der Waals surface area contributed by atoms with Gasteiger partial charge in [-0.25, -0.2) is 14.2 Å². The molecular formula is C21H18FNO4S. The standard InChI is InChI=1S/C21H18FNO4S/c1-25-18-9-6-15(11-19(18)26-2)21-23-17(13-28-21)12-27-20(24)10-5-14-3-7-16(22)8-4-14/h3-11,13H,12H2,1-2H3/b10-5+. The van der Waals surface area contributed by atoms with E-state index in [1.807, 2.05) is 23.6 Å². The van der Waals surface area contributed by atoms with Gasteiger partial charge >= 0.3 is 5.97 Å². The molecule has 0 unspecified atom stereocenters. The number of thiazole rings is 1. The highest BCUT2D eigenvalue weighted by Crippen LogP contribution is 2.33. The van der Waals surface area contributed by atoms with E-state index in [2.05, 4.69) is 4.98 Å². The van der Waals surface area contributed by atoms with Crippen LogP contribution in [0.25, 0.3) is 16.6 Å². The smallest absolute Gasteiger partial charge is 0.331 e. The zero-order chi connectivity index (χ0) is 19.9. The maximum atomic E-state index is 12.9. The second-order valence-corrected chi connectivity index (χ2v) is 6.56. The molecule has 2 aromatic carbocycles. The summed E-state index contributed by atoms with van der Waals surface area (Å²) in [5, 5.41) is 2.62. The second kappa shape index (κ2) is 9.14. The third-order valence-corrected chi connectivity index (χ3v) is 4.77. The molecule has 1 aromatic heterocycles. The summed E-state index contributed by atoms with van der Waals surface area (Å²) in [6.45, 7) is 0.0659. The highest BCUT2D eigenvalue weighted by Gasteiger charge is 2.10. The number of esters is 1. The molecular weight excluding hydrogens is 381 g/mol. The van der Waals surface area contributed by atoms with Gasteiger partial charge in [0.25, 0.3) is 0 Å². The van der Waals surface area contributed by atoms with E-state index in [1.165, 1.54) is 29.5 Å². The van der Waals surface area contributed by atoms with Crippen LogP contribution in [-0.2, 0) is 16.1 Å². The van der Waals surface area contributed by atoms with E-state index in [-0.39, 0.29) is 12.4 Å². The van der Waals surface area contributed by atoms with Gasteiger partial charge in [-0.05, 0) is 42.0 Å². The number of hydrogen-bond acceptors (Lipinski definition) is 6. The fraction of sp³-hybridized carbons (Fsp3) is 0.143. The lowest BCUT2D eigenvalue weighted by Gasteiger charge is -2.08. The summed E-state index contributed by atoms with van der Waals surface area (Å²) >= 11 is 1.45. The Hall–Kier alpha value is -3.19. The zero-order valence-electron chi connectivity index (χ0n) is 15.3. The van der Waals surface area contributed by atoms with Gasteiger partial charge in [0.2, 0.25) is 0 Å². The molecule has 0 fully saturated rings. The molecule has 0 radical (unpaired) electrons. The third-order valence-electron chi connectivity index (χ3n) is 3.83. The van der Waals surface area contributed by atoms with Gasteiger partial charge in [-0.3, -0.25) is 0 Å². The topological polar surface area (TPSA) is 57.7 Å². The summed E-state index contributed by atoms with van der Waals surface area (Å²) in [6.07, 6.45) is 2.87. The fourth-order valence-electron chi connectivity index (χ4n) is 2.41. The Morgan fingerprint density at radius 3 is 2.57 bits per heavy atom. The normalized spacial score (nSPS) is 10.8. The number of methoxy groups -OCH3 is 2. The highest BCUT2D eigenvalue weighted by molar-refractivity contribution is 7.13. The van der Waals surface area contributed by atoms with Gasteiger partial charge in [0.05, 0.1) is 19.9 Å². The van der Waals surface area contributed by atoms with E-state index in [4.69, 9.17) is 14.2 Å². The van der Waals surface area contributed by atoms with Crippen molar-refractivity contribution in [2.75, 3.05) is 14.2 Å². The molecule has 0 saturated heterocycles. The highest BCUT2D eigenvalue weighted by atomic mass is 32.1. The van der Waals surface area contributed by atoms with Crippen LogP contribution in [0.4, 0.5) is 4.39 Å². The molecule has 0 spiro atoms. The molecule has 3 rings (SSSR count). The number of ether oxygens (including phenoxy) is 3. The van der Waals surface area contributed by atoms with Gasteiger partial charge in [0.15, 0.2) is 11.5 Å². The minimum Gasteiger partial charge on any atom is -0.493 e. The number of rotatable bonds is 7. The van der Waals surface area contributed by atoms with E-state index in [0.29, 0.717) is 22.8 Å². The molecule has 0 amide bonds. The van der Waals surface area contributed by atoms with Crippen LogP contribution in [0.1, 0.15) is 11.3 Å². The average molecular weight is 399 g/mol. The number of hydrogen-bond donors (Lipinski definition) is 0. The van der Waals surface area contributed by atoms with Crippen LogP contribution in [0.15, 0.2) is 53.9 Å². The molecule has 0 atom stereocenters. The molecule has 1 heterocycles. The predicted octanol–water partition coefficient (Wildman–Crippen LogP) is 4.72. The Morgan fingerprint density at radius 1 is 1.11 bits per heavy atom. The van der Waals surface area contributed by atoms with Crippen LogP contribution < -0.4 is 9.47 Å². The Labute approximate surface area is 166 Å². The van der Waals surface area contributed by atoms with Crippen LogP contribution in [-0.4, -0.2) is 25.2 Å². The van der Waals surface area contributed by atoms with Crippen molar-refractivity contribution in [3.63, 3.8) is 0 Å². The Morgan fingerprint density at radius 2 is 1.86 bits per heavy atom. The number of benzene rings is 2. The largest absolute Gasteiger partial charge is 0.493 e. The van der Waals surface area contributed by atoms with Crippen LogP contribution >= 0.6 is 11.3 Å². The first-order valence-corrected chi connectivity index (χ1v) is 9.24. The number of aromatic nitrogens is 1. The van der Waals surface area contributed by atoms with Gasteiger partial charge < -0.3 is 14.2 Å².